The topological polar surface area (TPSA) is 75.4 Å². The van der Waals surface area contributed by atoms with Crippen LogP contribution in [0.5, 0.6) is 0 Å². The summed E-state index contributed by atoms with van der Waals surface area (Å²) in [5.41, 5.74) is 9.09. The first-order valence-corrected chi connectivity index (χ1v) is 9.92. The van der Waals surface area contributed by atoms with Gasteiger partial charge >= 0.3 is 0 Å². The van der Waals surface area contributed by atoms with Gasteiger partial charge in [0, 0.05) is 30.7 Å². The van der Waals surface area contributed by atoms with Gasteiger partial charge in [-0.3, -0.25) is 9.59 Å². The molecule has 0 spiro atoms. The van der Waals surface area contributed by atoms with Crippen LogP contribution in [-0.2, 0) is 4.79 Å². The van der Waals surface area contributed by atoms with E-state index in [1.165, 1.54) is 0 Å². The molecule has 1 fully saturated rings. The van der Waals surface area contributed by atoms with Crippen LogP contribution in [0.4, 0.5) is 0 Å². The third kappa shape index (κ3) is 5.81. The molecule has 0 saturated carbocycles. The lowest BCUT2D eigenvalue weighted by Gasteiger charge is -2.33. The Morgan fingerprint density at radius 2 is 1.62 bits per heavy atom. The lowest BCUT2D eigenvalue weighted by molar-refractivity contribution is -0.126. The molecular weight excluding hydrogens is 386 g/mol. The molecule has 1 aliphatic rings. The Morgan fingerprint density at radius 1 is 1.03 bits per heavy atom. The normalized spacial score (nSPS) is 16.4. The van der Waals surface area contributed by atoms with E-state index in [9.17, 15) is 9.59 Å². The zero-order chi connectivity index (χ0) is 20.1. The van der Waals surface area contributed by atoms with Gasteiger partial charge in [-0.25, -0.2) is 0 Å². The van der Waals surface area contributed by atoms with Crippen molar-refractivity contribution >= 4 is 24.2 Å². The van der Waals surface area contributed by atoms with E-state index in [4.69, 9.17) is 5.73 Å². The minimum atomic E-state index is -0.329. The summed E-state index contributed by atoms with van der Waals surface area (Å²) in [5, 5.41) is 3.12. The molecule has 1 aliphatic heterocycles. The van der Waals surface area contributed by atoms with E-state index in [0.717, 1.165) is 29.5 Å². The summed E-state index contributed by atoms with van der Waals surface area (Å²) in [5.74, 6) is -0.279. The molecular formula is C23H30ClN3O2. The number of hydrogen-bond donors (Lipinski definition) is 2. The Bertz CT molecular complexity index is 803. The Labute approximate surface area is 179 Å². The first-order chi connectivity index (χ1) is 13.5. The van der Waals surface area contributed by atoms with E-state index in [2.05, 4.69) is 5.32 Å². The highest BCUT2D eigenvalue weighted by Gasteiger charge is 2.28. The van der Waals surface area contributed by atoms with Gasteiger partial charge in [0.05, 0.1) is 5.92 Å². The summed E-state index contributed by atoms with van der Waals surface area (Å²) >= 11 is 0. The fraction of sp³-hybridized carbons (Fsp3) is 0.391. The lowest BCUT2D eigenvalue weighted by Crippen LogP contribution is -2.48. The monoisotopic (exact) mass is 415 g/mol. The predicted molar refractivity (Wildman–Crippen MR) is 118 cm³/mol. The zero-order valence-electron chi connectivity index (χ0n) is 17.0. The second-order valence-corrected chi connectivity index (χ2v) is 7.67. The molecule has 2 aromatic carbocycles. The molecule has 2 atom stereocenters. The second kappa shape index (κ2) is 10.4. The number of hydrogen-bond acceptors (Lipinski definition) is 3. The molecule has 0 aromatic heterocycles. The molecule has 5 nitrogen and oxygen atoms in total. The van der Waals surface area contributed by atoms with Crippen molar-refractivity contribution in [3.8, 4) is 0 Å². The quantitative estimate of drug-likeness (QED) is 0.785. The molecule has 2 aromatic rings. The number of nitrogens with one attached hydrogen (secondary N) is 1. The molecule has 29 heavy (non-hydrogen) atoms. The second-order valence-electron chi connectivity index (χ2n) is 7.67. The maximum Gasteiger partial charge on any atom is 0.253 e. The molecule has 2 amide bonds. The number of amides is 2. The third-order valence-corrected chi connectivity index (χ3v) is 5.56. The van der Waals surface area contributed by atoms with Crippen LogP contribution in [-0.4, -0.2) is 35.8 Å². The fourth-order valence-electron chi connectivity index (χ4n) is 3.57. The Balaban J connectivity index is 0.00000300. The van der Waals surface area contributed by atoms with E-state index >= 15 is 0 Å². The number of nitrogens with zero attached hydrogens (tertiary/aromatic N) is 1. The maximum atomic E-state index is 12.6. The third-order valence-electron chi connectivity index (χ3n) is 5.56. The molecule has 0 radical (unpaired) electrons. The first-order valence-electron chi connectivity index (χ1n) is 9.92. The number of piperidine rings is 1. The Hall–Kier alpha value is -2.37. The van der Waals surface area contributed by atoms with Gasteiger partial charge in [0.2, 0.25) is 5.91 Å². The van der Waals surface area contributed by atoms with Crippen molar-refractivity contribution in [3.05, 3.63) is 71.3 Å². The van der Waals surface area contributed by atoms with Gasteiger partial charge in [-0.05, 0) is 37.5 Å². The van der Waals surface area contributed by atoms with Crippen molar-refractivity contribution in [1.29, 1.82) is 0 Å². The summed E-state index contributed by atoms with van der Waals surface area (Å²) in [7, 11) is 0. The summed E-state index contributed by atoms with van der Waals surface area (Å²) < 4.78 is 0. The molecule has 0 aliphatic carbocycles. The van der Waals surface area contributed by atoms with Crippen LogP contribution in [0.15, 0.2) is 54.6 Å². The number of nitrogens with two attached hydrogens (primary N) is 1. The van der Waals surface area contributed by atoms with Crippen LogP contribution in [0.1, 0.15) is 47.3 Å². The van der Waals surface area contributed by atoms with Crippen LogP contribution in [0.3, 0.4) is 0 Å². The SMILES string of the molecule is Cc1ccc(C(=O)N2CCC(NC(=O)C(C)C(N)c3ccccc3)CC2)cc1.Cl. The van der Waals surface area contributed by atoms with Crippen LogP contribution in [0, 0.1) is 12.8 Å². The van der Waals surface area contributed by atoms with Gasteiger partial charge < -0.3 is 16.0 Å². The number of halogens is 1. The van der Waals surface area contributed by atoms with E-state index in [0.29, 0.717) is 13.1 Å². The zero-order valence-corrected chi connectivity index (χ0v) is 17.8. The molecule has 2 unspecified atom stereocenters. The first kappa shape index (κ1) is 22.9. The average molecular weight is 416 g/mol. The number of likely N-dealkylation sites (tertiary alicyclic amines) is 1. The van der Waals surface area contributed by atoms with Gasteiger partial charge in [-0.15, -0.1) is 12.4 Å². The van der Waals surface area contributed by atoms with Crippen molar-refractivity contribution in [2.24, 2.45) is 11.7 Å². The summed E-state index contributed by atoms with van der Waals surface area (Å²) in [6.07, 6.45) is 1.52. The summed E-state index contributed by atoms with van der Waals surface area (Å²) in [6, 6.07) is 17.1. The molecule has 156 valence electrons. The number of rotatable bonds is 5. The van der Waals surface area contributed by atoms with E-state index < -0.39 is 0 Å². The molecule has 1 heterocycles. The largest absolute Gasteiger partial charge is 0.353 e. The Kier molecular flexibility index (Phi) is 8.23. The van der Waals surface area contributed by atoms with E-state index in [1.54, 1.807) is 0 Å². The van der Waals surface area contributed by atoms with Gasteiger partial charge in [-0.2, -0.15) is 0 Å². The Morgan fingerprint density at radius 3 is 2.21 bits per heavy atom. The van der Waals surface area contributed by atoms with Crippen LogP contribution in [0.2, 0.25) is 0 Å². The molecule has 6 heteroatoms. The minimum Gasteiger partial charge on any atom is -0.353 e. The van der Waals surface area contributed by atoms with Crippen molar-refractivity contribution in [1.82, 2.24) is 10.2 Å². The summed E-state index contributed by atoms with van der Waals surface area (Å²) in [4.78, 5) is 27.1. The number of benzene rings is 2. The molecule has 1 saturated heterocycles. The lowest BCUT2D eigenvalue weighted by atomic mass is 9.94. The van der Waals surface area contributed by atoms with Gasteiger partial charge in [0.15, 0.2) is 0 Å². The highest BCUT2D eigenvalue weighted by atomic mass is 35.5. The minimum absolute atomic E-state index is 0. The van der Waals surface area contributed by atoms with Crippen molar-refractivity contribution in [2.75, 3.05) is 13.1 Å². The van der Waals surface area contributed by atoms with Crippen LogP contribution in [0.25, 0.3) is 0 Å². The standard InChI is InChI=1S/C23H29N3O2.ClH/c1-16-8-10-19(11-9-16)23(28)26-14-12-20(13-15-26)25-22(27)17(2)21(24)18-6-4-3-5-7-18;/h3-11,17,20-21H,12-15,24H2,1-2H3,(H,25,27);1H. The van der Waals surface area contributed by atoms with Crippen LogP contribution >= 0.6 is 12.4 Å². The van der Waals surface area contributed by atoms with Gasteiger partial charge in [0.25, 0.3) is 5.91 Å². The van der Waals surface area contributed by atoms with Gasteiger partial charge in [-0.1, -0.05) is 55.0 Å². The van der Waals surface area contributed by atoms with E-state index in [-0.39, 0.29) is 42.2 Å². The fourth-order valence-corrected chi connectivity index (χ4v) is 3.57. The number of carbonyl (C=O) groups is 2. The van der Waals surface area contributed by atoms with Crippen LogP contribution < -0.4 is 11.1 Å². The van der Waals surface area contributed by atoms with Crippen molar-refractivity contribution < 1.29 is 9.59 Å². The maximum absolute atomic E-state index is 12.6. The highest BCUT2D eigenvalue weighted by Crippen LogP contribution is 2.20. The van der Waals surface area contributed by atoms with Crippen molar-refractivity contribution in [2.45, 2.75) is 38.8 Å². The van der Waals surface area contributed by atoms with Crippen molar-refractivity contribution in [3.63, 3.8) is 0 Å². The smallest absolute Gasteiger partial charge is 0.253 e. The number of carbonyl (C=O) groups excluding carboxylic acids is 2. The molecule has 0 bridgehead atoms. The number of aryl methyl sites for hydroxylation is 1. The summed E-state index contributed by atoms with van der Waals surface area (Å²) in [6.45, 7) is 5.17. The average Bonchev–Trinajstić information content (AvgIpc) is 2.74. The van der Waals surface area contributed by atoms with Gasteiger partial charge in [0.1, 0.15) is 0 Å². The molecule has 3 N–H and O–H groups in total. The van der Waals surface area contributed by atoms with E-state index in [1.807, 2.05) is 73.3 Å². The molecule has 3 rings (SSSR count). The highest BCUT2D eigenvalue weighted by molar-refractivity contribution is 5.94. The predicted octanol–water partition coefficient (Wildman–Crippen LogP) is 3.47.